The van der Waals surface area contributed by atoms with E-state index in [-0.39, 0.29) is 47.7 Å². The SMILES string of the molecule is CCO[C@@H]1c2nc(cs2)-c2ccc3c(c2)c(c(-c2cc(C4(C)CC[C@H]5COC[C@@H](C4)N5C)cnc2[C@H](C)OC)n3CC)CC(C)(C)COC(=O)[C@@H]2CCCN(N2)C(=O)[C@H]1NC(=O)C1[C@@H](C)[C@H]1C. The largest absolute Gasteiger partial charge is 0.464 e. The number of ether oxygens (including phenoxy) is 4. The predicted octanol–water partition coefficient (Wildman–Crippen LogP) is 7.78. The molecule has 14 nitrogen and oxygen atoms in total. The van der Waals surface area contributed by atoms with Crippen molar-refractivity contribution in [2.75, 3.05) is 47.1 Å². The predicted molar refractivity (Wildman–Crippen MR) is 259 cm³/mol. The Morgan fingerprint density at radius 1 is 1.09 bits per heavy atom. The molecule has 362 valence electrons. The van der Waals surface area contributed by atoms with Crippen LogP contribution in [0.25, 0.3) is 33.4 Å². The molecule has 4 aromatic rings. The Kier molecular flexibility index (Phi) is 13.5. The molecule has 7 heterocycles. The summed E-state index contributed by atoms with van der Waals surface area (Å²) in [5, 5.41) is 8.27. The van der Waals surface area contributed by atoms with Crippen LogP contribution in [0.5, 0.6) is 0 Å². The molecule has 1 aliphatic carbocycles. The van der Waals surface area contributed by atoms with Gasteiger partial charge in [0.2, 0.25) is 5.91 Å². The Balaban J connectivity index is 1.20. The van der Waals surface area contributed by atoms with Crippen LogP contribution in [0.15, 0.2) is 35.8 Å². The second kappa shape index (κ2) is 18.9. The summed E-state index contributed by atoms with van der Waals surface area (Å²) in [6.45, 7) is 20.0. The van der Waals surface area contributed by atoms with Crippen molar-refractivity contribution >= 4 is 40.0 Å². The molecular formula is C52H71N7O7S. The fourth-order valence-corrected chi connectivity index (χ4v) is 12.3. The van der Waals surface area contributed by atoms with Gasteiger partial charge in [-0.2, -0.15) is 0 Å². The lowest BCUT2D eigenvalue weighted by atomic mass is 9.74. The van der Waals surface area contributed by atoms with Crippen molar-refractivity contribution in [1.29, 1.82) is 0 Å². The first-order chi connectivity index (χ1) is 32.1. The molecule has 0 radical (unpaired) electrons. The van der Waals surface area contributed by atoms with Crippen LogP contribution in [-0.2, 0) is 51.7 Å². The molecule has 0 spiro atoms. The molecule has 1 aromatic carbocycles. The first kappa shape index (κ1) is 47.8. The molecule has 4 aliphatic heterocycles. The highest BCUT2D eigenvalue weighted by Crippen LogP contribution is 2.47. The molecule has 2 unspecified atom stereocenters. The summed E-state index contributed by atoms with van der Waals surface area (Å²) in [6, 6.07) is 7.85. The van der Waals surface area contributed by atoms with E-state index < -0.39 is 29.6 Å². The number of benzene rings is 1. The second-order valence-electron chi connectivity index (χ2n) is 21.1. The highest BCUT2D eigenvalue weighted by molar-refractivity contribution is 7.10. The lowest BCUT2D eigenvalue weighted by molar-refractivity contribution is -0.156. The van der Waals surface area contributed by atoms with Crippen LogP contribution in [-0.4, -0.2) is 114 Å². The number of aryl methyl sites for hydroxylation is 1. The fraction of sp³-hybridized carbons (Fsp3) is 0.635. The average molecular weight is 938 g/mol. The van der Waals surface area contributed by atoms with Gasteiger partial charge in [-0.3, -0.25) is 29.3 Å². The summed E-state index contributed by atoms with van der Waals surface area (Å²) in [5.41, 5.74) is 10.7. The lowest BCUT2D eigenvalue weighted by Crippen LogP contribution is -2.61. The van der Waals surface area contributed by atoms with Gasteiger partial charge >= 0.3 is 5.97 Å². The smallest absolute Gasteiger partial charge is 0.324 e. The van der Waals surface area contributed by atoms with Crippen LogP contribution < -0.4 is 10.7 Å². The highest BCUT2D eigenvalue weighted by Gasteiger charge is 2.50. The Hall–Kier alpha value is -4.25. The maximum Gasteiger partial charge on any atom is 0.324 e. The molecule has 15 heteroatoms. The molecule has 10 atom stereocenters. The van der Waals surface area contributed by atoms with E-state index in [1.165, 1.54) is 21.9 Å². The zero-order valence-corrected chi connectivity index (χ0v) is 42.0. The molecule has 9 rings (SSSR count). The van der Waals surface area contributed by atoms with Crippen molar-refractivity contribution in [3.8, 4) is 22.5 Å². The van der Waals surface area contributed by atoms with Gasteiger partial charge in [0.05, 0.1) is 43.0 Å². The van der Waals surface area contributed by atoms with Gasteiger partial charge in [0.1, 0.15) is 23.2 Å². The van der Waals surface area contributed by atoms with E-state index >= 15 is 0 Å². The van der Waals surface area contributed by atoms with E-state index in [1.807, 2.05) is 12.3 Å². The number of morpholine rings is 1. The number of methoxy groups -OCH3 is 1. The van der Waals surface area contributed by atoms with Gasteiger partial charge in [0, 0.05) is 83.8 Å². The number of pyridine rings is 1. The number of likely N-dealkylation sites (N-methyl/N-ethyl adjacent to an activating group) is 1. The number of carbonyl (C=O) groups is 3. The minimum absolute atomic E-state index is 0.129. The zero-order valence-electron chi connectivity index (χ0n) is 41.1. The first-order valence-electron chi connectivity index (χ1n) is 24.7. The van der Waals surface area contributed by atoms with Gasteiger partial charge in [-0.1, -0.05) is 40.7 Å². The molecule has 8 bridgehead atoms. The van der Waals surface area contributed by atoms with E-state index in [2.05, 4.69) is 106 Å². The monoisotopic (exact) mass is 938 g/mol. The van der Waals surface area contributed by atoms with Crippen LogP contribution in [0, 0.1) is 23.2 Å². The Labute approximate surface area is 399 Å². The quantitative estimate of drug-likeness (QED) is 0.159. The van der Waals surface area contributed by atoms with Crippen molar-refractivity contribution in [1.82, 2.24) is 35.2 Å². The number of cyclic esters (lactones) is 1. The number of fused-ring (bicyclic) bond motifs is 8. The third-order valence-electron chi connectivity index (χ3n) is 16.0. The van der Waals surface area contributed by atoms with Gasteiger partial charge in [-0.25, -0.2) is 10.4 Å². The number of hydrogen-bond donors (Lipinski definition) is 2. The molecule has 3 aromatic heterocycles. The summed E-state index contributed by atoms with van der Waals surface area (Å²) in [4.78, 5) is 55.6. The number of nitrogens with zero attached hydrogens (tertiary/aromatic N) is 5. The molecule has 5 aliphatic rings. The number of aromatic nitrogens is 3. The van der Waals surface area contributed by atoms with E-state index in [9.17, 15) is 14.4 Å². The molecule has 2 N–H and O–H groups in total. The van der Waals surface area contributed by atoms with Gasteiger partial charge in [0.25, 0.3) is 5.91 Å². The molecule has 67 heavy (non-hydrogen) atoms. The summed E-state index contributed by atoms with van der Waals surface area (Å²) in [6.07, 6.45) is 5.67. The normalized spacial score (nSPS) is 30.6. The van der Waals surface area contributed by atoms with Crippen molar-refractivity contribution in [2.24, 2.45) is 23.2 Å². The number of thiazole rings is 1. The van der Waals surface area contributed by atoms with Gasteiger partial charge in [-0.15, -0.1) is 11.3 Å². The zero-order chi connectivity index (χ0) is 47.5. The van der Waals surface area contributed by atoms with E-state index in [0.29, 0.717) is 56.1 Å². The number of esters is 1. The summed E-state index contributed by atoms with van der Waals surface area (Å²) in [7, 11) is 3.99. The Morgan fingerprint density at radius 2 is 1.87 bits per heavy atom. The number of amides is 2. The van der Waals surface area contributed by atoms with Crippen LogP contribution in [0.2, 0.25) is 0 Å². The minimum atomic E-state index is -1.08. The Bertz CT molecular complexity index is 2500. The van der Waals surface area contributed by atoms with E-state index in [0.717, 1.165) is 77.2 Å². The van der Waals surface area contributed by atoms with Gasteiger partial charge in [-0.05, 0) is 113 Å². The first-order valence-corrected chi connectivity index (χ1v) is 25.5. The number of rotatable bonds is 9. The van der Waals surface area contributed by atoms with Gasteiger partial charge < -0.3 is 28.8 Å². The van der Waals surface area contributed by atoms with Crippen molar-refractivity contribution in [3.63, 3.8) is 0 Å². The third-order valence-corrected chi connectivity index (χ3v) is 16.9. The van der Waals surface area contributed by atoms with Crippen LogP contribution in [0.3, 0.4) is 0 Å². The number of carbonyl (C=O) groups excluding carboxylic acids is 3. The van der Waals surface area contributed by atoms with Crippen LogP contribution >= 0.6 is 11.3 Å². The summed E-state index contributed by atoms with van der Waals surface area (Å²) >= 11 is 1.42. The maximum atomic E-state index is 14.7. The molecule has 4 fully saturated rings. The summed E-state index contributed by atoms with van der Waals surface area (Å²) < 4.78 is 27.2. The highest BCUT2D eigenvalue weighted by atomic mass is 32.1. The number of nitrogens with one attached hydrogen (secondary N) is 2. The third kappa shape index (κ3) is 9.09. The standard InChI is InChI=1S/C52H71N7O7S/c1-11-58-41-16-15-32-20-36(41)38(45(58)37-21-33(24-53-43(37)31(5)63-10)52(8)18-17-34-25-64-26-35(22-52)57(34)9)23-51(6,7)28-66-50(62)39-14-13-19-59(56-39)49(61)44(55-47(60)42-29(3)30(42)4)46(65-12-2)48-54-40(32)27-67-48/h15-16,20-21,24,27,29-31,34-35,39,42,44,46,56H,11-14,17-19,22-23,25-26,28H2,1-10H3,(H,55,60)/t29-,30+,31-,34-,35+,39-,42?,44-,46-,52?/m0/s1. The van der Waals surface area contributed by atoms with Crippen molar-refractivity contribution in [2.45, 2.75) is 142 Å². The topological polar surface area (TPSA) is 149 Å². The van der Waals surface area contributed by atoms with Crippen LogP contribution in [0.1, 0.15) is 122 Å². The average Bonchev–Trinajstić information content (AvgIpc) is 3.60. The van der Waals surface area contributed by atoms with Crippen LogP contribution in [0.4, 0.5) is 0 Å². The van der Waals surface area contributed by atoms with E-state index in [1.54, 1.807) is 7.11 Å². The van der Waals surface area contributed by atoms with E-state index in [4.69, 9.17) is 28.9 Å². The second-order valence-corrected chi connectivity index (χ2v) is 22.0. The summed E-state index contributed by atoms with van der Waals surface area (Å²) in [5.74, 6) is -0.738. The molecule has 2 amide bonds. The molecule has 3 saturated heterocycles. The van der Waals surface area contributed by atoms with Gasteiger partial charge in [0.15, 0.2) is 0 Å². The Morgan fingerprint density at radius 3 is 2.60 bits per heavy atom. The van der Waals surface area contributed by atoms with Crippen molar-refractivity contribution < 1.29 is 33.3 Å². The lowest BCUT2D eigenvalue weighted by Gasteiger charge is -2.39. The maximum absolute atomic E-state index is 14.7. The minimum Gasteiger partial charge on any atom is -0.464 e. The molecule has 1 saturated carbocycles. The fourth-order valence-electron chi connectivity index (χ4n) is 11.4. The number of hydrazine groups is 1. The van der Waals surface area contributed by atoms with Crippen molar-refractivity contribution in [3.05, 3.63) is 57.7 Å². The molecular weight excluding hydrogens is 867 g/mol. The number of hydrogen-bond acceptors (Lipinski definition) is 12.